The second kappa shape index (κ2) is 11.8. The van der Waals surface area contributed by atoms with Gasteiger partial charge >= 0.3 is 0 Å². The zero-order valence-electron chi connectivity index (χ0n) is 20.0. The highest BCUT2D eigenvalue weighted by Crippen LogP contribution is 2.27. The predicted molar refractivity (Wildman–Crippen MR) is 132 cm³/mol. The number of carbonyl (C=O) groups is 3. The molecule has 2 aliphatic heterocycles. The molecule has 2 aliphatic rings. The van der Waals surface area contributed by atoms with E-state index >= 15 is 0 Å². The van der Waals surface area contributed by atoms with E-state index in [0.29, 0.717) is 24.5 Å². The molecule has 0 saturated carbocycles. The molecule has 4 rings (SSSR count). The van der Waals surface area contributed by atoms with E-state index in [1.807, 2.05) is 31.2 Å². The Morgan fingerprint density at radius 3 is 2.57 bits per heavy atom. The van der Waals surface area contributed by atoms with E-state index in [1.165, 1.54) is 0 Å². The Morgan fingerprint density at radius 2 is 1.83 bits per heavy atom. The van der Waals surface area contributed by atoms with Crippen molar-refractivity contribution in [3.8, 4) is 5.75 Å². The quantitative estimate of drug-likeness (QED) is 0.568. The number of anilines is 2. The monoisotopic (exact) mass is 480 g/mol. The summed E-state index contributed by atoms with van der Waals surface area (Å²) in [5.41, 5.74) is 2.43. The summed E-state index contributed by atoms with van der Waals surface area (Å²) in [6, 6.07) is 14.5. The van der Waals surface area contributed by atoms with Crippen LogP contribution in [0.25, 0.3) is 0 Å². The second-order valence-electron chi connectivity index (χ2n) is 8.80. The van der Waals surface area contributed by atoms with Crippen LogP contribution in [0, 0.1) is 12.8 Å². The molecule has 186 valence electrons. The van der Waals surface area contributed by atoms with E-state index in [0.717, 1.165) is 44.1 Å². The average Bonchev–Trinajstić information content (AvgIpc) is 3.27. The van der Waals surface area contributed by atoms with E-state index in [2.05, 4.69) is 15.5 Å². The maximum absolute atomic E-state index is 12.6. The number of ether oxygens (including phenoxy) is 2. The van der Waals surface area contributed by atoms with Crippen molar-refractivity contribution in [2.24, 2.45) is 5.92 Å². The van der Waals surface area contributed by atoms with Gasteiger partial charge in [0.1, 0.15) is 5.75 Å². The smallest absolute Gasteiger partial charge is 0.262 e. The molecule has 2 saturated heterocycles. The molecule has 2 N–H and O–H groups in total. The fraction of sp³-hybridized carbons (Fsp3) is 0.423. The summed E-state index contributed by atoms with van der Waals surface area (Å²) in [6.07, 6.45) is 0.195. The molecule has 2 fully saturated rings. The van der Waals surface area contributed by atoms with Crippen molar-refractivity contribution in [3.63, 3.8) is 0 Å². The summed E-state index contributed by atoms with van der Waals surface area (Å²) < 4.78 is 10.9. The van der Waals surface area contributed by atoms with Crippen LogP contribution in [0.4, 0.5) is 11.4 Å². The van der Waals surface area contributed by atoms with Crippen LogP contribution in [0.2, 0.25) is 0 Å². The minimum Gasteiger partial charge on any atom is -0.484 e. The van der Waals surface area contributed by atoms with Gasteiger partial charge in [-0.05, 0) is 42.8 Å². The van der Waals surface area contributed by atoms with E-state index in [-0.39, 0.29) is 36.7 Å². The lowest BCUT2D eigenvalue weighted by Crippen LogP contribution is -2.42. The van der Waals surface area contributed by atoms with Crippen molar-refractivity contribution >= 4 is 29.1 Å². The molecule has 3 amide bonds. The fourth-order valence-corrected chi connectivity index (χ4v) is 4.21. The summed E-state index contributed by atoms with van der Waals surface area (Å²) >= 11 is 0. The van der Waals surface area contributed by atoms with Crippen molar-refractivity contribution < 1.29 is 23.9 Å². The van der Waals surface area contributed by atoms with E-state index in [1.54, 1.807) is 29.2 Å². The number of amides is 3. The zero-order chi connectivity index (χ0) is 24.6. The summed E-state index contributed by atoms with van der Waals surface area (Å²) in [5.74, 6) is -0.259. The van der Waals surface area contributed by atoms with Gasteiger partial charge in [0, 0.05) is 50.5 Å². The van der Waals surface area contributed by atoms with Crippen LogP contribution in [0.1, 0.15) is 12.0 Å². The Kier molecular flexibility index (Phi) is 8.33. The SMILES string of the molecule is Cc1ccccc1NC(=O)COc1ccc(N2C[C@H](C(=O)NCCN3CCOCC3)CC2=O)cc1. The van der Waals surface area contributed by atoms with E-state index < -0.39 is 0 Å². The topological polar surface area (TPSA) is 100 Å². The van der Waals surface area contributed by atoms with Gasteiger partial charge in [0.05, 0.1) is 19.1 Å². The van der Waals surface area contributed by atoms with Gasteiger partial charge < -0.3 is 25.0 Å². The van der Waals surface area contributed by atoms with Gasteiger partial charge in [0.25, 0.3) is 5.91 Å². The summed E-state index contributed by atoms with van der Waals surface area (Å²) in [6.45, 7) is 6.70. The maximum Gasteiger partial charge on any atom is 0.262 e. The second-order valence-corrected chi connectivity index (χ2v) is 8.80. The number of nitrogens with zero attached hydrogens (tertiary/aromatic N) is 2. The molecule has 0 aromatic heterocycles. The number of benzene rings is 2. The fourth-order valence-electron chi connectivity index (χ4n) is 4.21. The molecule has 2 aromatic rings. The van der Waals surface area contributed by atoms with Gasteiger partial charge in [-0.2, -0.15) is 0 Å². The molecule has 0 radical (unpaired) electrons. The molecule has 9 nitrogen and oxygen atoms in total. The molecule has 2 heterocycles. The highest BCUT2D eigenvalue weighted by molar-refractivity contribution is 6.00. The van der Waals surface area contributed by atoms with Gasteiger partial charge in [-0.1, -0.05) is 18.2 Å². The molecule has 35 heavy (non-hydrogen) atoms. The Bertz CT molecular complexity index is 1040. The minimum atomic E-state index is -0.367. The van der Waals surface area contributed by atoms with Crippen molar-refractivity contribution in [1.29, 1.82) is 0 Å². The van der Waals surface area contributed by atoms with Crippen LogP contribution < -0.4 is 20.3 Å². The molecule has 1 atom stereocenters. The molecule has 0 aliphatic carbocycles. The van der Waals surface area contributed by atoms with Crippen LogP contribution in [0.15, 0.2) is 48.5 Å². The Labute approximate surface area is 205 Å². The lowest BCUT2D eigenvalue weighted by molar-refractivity contribution is -0.126. The van der Waals surface area contributed by atoms with Gasteiger partial charge in [-0.15, -0.1) is 0 Å². The van der Waals surface area contributed by atoms with Crippen LogP contribution in [-0.2, 0) is 19.1 Å². The third kappa shape index (κ3) is 6.80. The predicted octanol–water partition coefficient (Wildman–Crippen LogP) is 1.81. The first-order valence-corrected chi connectivity index (χ1v) is 12.0. The molecule has 0 spiro atoms. The van der Waals surface area contributed by atoms with Gasteiger partial charge in [0.2, 0.25) is 11.8 Å². The summed E-state index contributed by atoms with van der Waals surface area (Å²) in [5, 5.41) is 5.79. The lowest BCUT2D eigenvalue weighted by Gasteiger charge is -2.26. The highest BCUT2D eigenvalue weighted by Gasteiger charge is 2.35. The van der Waals surface area contributed by atoms with Crippen molar-refractivity contribution in [1.82, 2.24) is 10.2 Å². The Hall–Kier alpha value is -3.43. The van der Waals surface area contributed by atoms with Gasteiger partial charge in [-0.3, -0.25) is 19.3 Å². The highest BCUT2D eigenvalue weighted by atomic mass is 16.5. The number of hydrogen-bond donors (Lipinski definition) is 2. The first kappa shape index (κ1) is 24.7. The number of carbonyl (C=O) groups excluding carboxylic acids is 3. The lowest BCUT2D eigenvalue weighted by atomic mass is 10.1. The van der Waals surface area contributed by atoms with Crippen molar-refractivity contribution in [2.45, 2.75) is 13.3 Å². The zero-order valence-corrected chi connectivity index (χ0v) is 20.0. The molecule has 0 bridgehead atoms. The largest absolute Gasteiger partial charge is 0.484 e. The first-order chi connectivity index (χ1) is 17.0. The van der Waals surface area contributed by atoms with Crippen LogP contribution >= 0.6 is 0 Å². The molecular weight excluding hydrogens is 448 g/mol. The van der Waals surface area contributed by atoms with Crippen molar-refractivity contribution in [3.05, 3.63) is 54.1 Å². The molecule has 9 heteroatoms. The van der Waals surface area contributed by atoms with E-state index in [4.69, 9.17) is 9.47 Å². The van der Waals surface area contributed by atoms with E-state index in [9.17, 15) is 14.4 Å². The van der Waals surface area contributed by atoms with Gasteiger partial charge in [0.15, 0.2) is 6.61 Å². The summed E-state index contributed by atoms with van der Waals surface area (Å²) in [7, 11) is 0. The number of morpholine rings is 1. The number of hydrogen-bond acceptors (Lipinski definition) is 6. The molecule has 2 aromatic carbocycles. The number of aryl methyl sites for hydroxylation is 1. The summed E-state index contributed by atoms with van der Waals surface area (Å²) in [4.78, 5) is 41.2. The van der Waals surface area contributed by atoms with Crippen molar-refractivity contribution in [2.75, 3.05) is 62.8 Å². The average molecular weight is 481 g/mol. The van der Waals surface area contributed by atoms with Crippen LogP contribution in [0.3, 0.4) is 0 Å². The minimum absolute atomic E-state index is 0.0791. The third-order valence-corrected chi connectivity index (χ3v) is 6.26. The van der Waals surface area contributed by atoms with Crippen LogP contribution in [-0.4, -0.2) is 75.2 Å². The first-order valence-electron chi connectivity index (χ1n) is 12.0. The van der Waals surface area contributed by atoms with Gasteiger partial charge in [-0.25, -0.2) is 0 Å². The molecule has 0 unspecified atom stereocenters. The number of para-hydroxylation sites is 1. The molecular formula is C26H32N4O5. The Balaban J connectivity index is 1.22. The standard InChI is InChI=1S/C26H32N4O5/c1-19-4-2-3-5-23(19)28-24(31)18-35-22-8-6-21(7-9-22)30-17-20(16-25(30)32)26(33)27-10-11-29-12-14-34-15-13-29/h2-9,20H,10-18H2,1H3,(H,27,33)(H,28,31)/t20-/m1/s1. The Morgan fingerprint density at radius 1 is 1.09 bits per heavy atom. The number of rotatable bonds is 9. The normalized spacial score (nSPS) is 18.4. The maximum atomic E-state index is 12.6. The number of nitrogens with one attached hydrogen (secondary N) is 2. The van der Waals surface area contributed by atoms with Crippen LogP contribution in [0.5, 0.6) is 5.75 Å². The third-order valence-electron chi connectivity index (χ3n) is 6.26.